The summed E-state index contributed by atoms with van der Waals surface area (Å²) in [6.45, 7) is -0.298. The number of nitrogens with one attached hydrogen (secondary N) is 3. The van der Waals surface area contributed by atoms with Gasteiger partial charge < -0.3 is 30.5 Å². The molecule has 4 heterocycles. The molecule has 5 rings (SSSR count). The lowest BCUT2D eigenvalue weighted by molar-refractivity contribution is -0.751. The van der Waals surface area contributed by atoms with Crippen molar-refractivity contribution in [1.29, 1.82) is 0 Å². The summed E-state index contributed by atoms with van der Waals surface area (Å²) in [4.78, 5) is 24.9. The molecule has 3 fully saturated rings. The molecule has 2 aromatic heterocycles. The molecule has 39 heavy (non-hydrogen) atoms. The van der Waals surface area contributed by atoms with Gasteiger partial charge >= 0.3 is 0 Å². The number of amides is 1. The molecule has 1 aliphatic carbocycles. The summed E-state index contributed by atoms with van der Waals surface area (Å²) in [5.41, 5.74) is 1.35. The van der Waals surface area contributed by atoms with E-state index in [-0.39, 0.29) is 28.1 Å². The van der Waals surface area contributed by atoms with E-state index in [2.05, 4.69) is 24.9 Å². The number of anilines is 4. The third kappa shape index (κ3) is 6.05. The van der Waals surface area contributed by atoms with Crippen molar-refractivity contribution in [2.45, 2.75) is 31.6 Å². The Hall–Kier alpha value is -3.14. The van der Waals surface area contributed by atoms with E-state index in [1.807, 2.05) is 0 Å². The van der Waals surface area contributed by atoms with Gasteiger partial charge in [-0.1, -0.05) is 0 Å². The number of hydroxylamine groups is 1. The second kappa shape index (κ2) is 10.1. The van der Waals surface area contributed by atoms with Gasteiger partial charge in [-0.15, -0.1) is 0 Å². The third-order valence-electron chi connectivity index (χ3n) is 7.50. The van der Waals surface area contributed by atoms with Gasteiger partial charge in [0.25, 0.3) is 11.8 Å². The fourth-order valence-corrected chi connectivity index (χ4v) is 5.80. The highest BCUT2D eigenvalue weighted by atomic mass is 32.2. The number of carbonyl (C=O) groups excluding carboxylic acids is 1. The summed E-state index contributed by atoms with van der Waals surface area (Å²) < 4.78 is 53.7. The van der Waals surface area contributed by atoms with E-state index in [0.29, 0.717) is 29.9 Å². The number of carbonyl (C=O) groups is 1. The first-order valence-corrected chi connectivity index (χ1v) is 14.4. The predicted octanol–water partition coefficient (Wildman–Crippen LogP) is 0.943. The van der Waals surface area contributed by atoms with Gasteiger partial charge in [0.2, 0.25) is 10.0 Å². The van der Waals surface area contributed by atoms with Crippen molar-refractivity contribution in [3.8, 4) is 0 Å². The van der Waals surface area contributed by atoms with Gasteiger partial charge in [0.05, 0.1) is 50.1 Å². The number of hydrogen-bond donors (Lipinski definition) is 4. The largest absolute Gasteiger partial charge is 0.629 e. The quantitative estimate of drug-likeness (QED) is 0.324. The minimum absolute atomic E-state index is 0.0267. The Kier molecular flexibility index (Phi) is 7.11. The molecule has 2 saturated heterocycles. The minimum atomic E-state index is -3.81. The number of aliphatic hydroxyl groups excluding tert-OH is 1. The third-order valence-corrected chi connectivity index (χ3v) is 8.74. The van der Waals surface area contributed by atoms with Crippen molar-refractivity contribution < 1.29 is 32.2 Å². The Morgan fingerprint density at radius 3 is 2.46 bits per heavy atom. The van der Waals surface area contributed by atoms with Crippen molar-refractivity contribution in [3.63, 3.8) is 0 Å². The predicted molar refractivity (Wildman–Crippen MR) is 141 cm³/mol. The summed E-state index contributed by atoms with van der Waals surface area (Å²) in [6.07, 6.45) is 5.69. The molecule has 3 aliphatic rings. The first-order chi connectivity index (χ1) is 18.4. The number of rotatable bonds is 9. The fraction of sp³-hybridized carbons (Fsp3) is 0.542. The zero-order chi connectivity index (χ0) is 28.0. The average molecular weight is 568 g/mol. The summed E-state index contributed by atoms with van der Waals surface area (Å²) in [6, 6.07) is 4.29. The van der Waals surface area contributed by atoms with Gasteiger partial charge in [0.15, 0.2) is 11.5 Å². The topological polar surface area (TPSA) is 155 Å². The Morgan fingerprint density at radius 1 is 1.18 bits per heavy atom. The van der Waals surface area contributed by atoms with E-state index >= 15 is 0 Å². The molecule has 15 heteroatoms. The number of sulfonamides is 1. The van der Waals surface area contributed by atoms with Crippen LogP contribution in [0.15, 0.2) is 24.4 Å². The molecule has 1 unspecified atom stereocenters. The van der Waals surface area contributed by atoms with Crippen molar-refractivity contribution >= 4 is 44.6 Å². The first-order valence-electron chi connectivity index (χ1n) is 12.7. The monoisotopic (exact) mass is 567 g/mol. The van der Waals surface area contributed by atoms with Crippen molar-refractivity contribution in [1.82, 2.24) is 9.97 Å². The van der Waals surface area contributed by atoms with Crippen LogP contribution in [0.5, 0.6) is 0 Å². The second-order valence-electron chi connectivity index (χ2n) is 10.5. The van der Waals surface area contributed by atoms with Gasteiger partial charge in [0.1, 0.15) is 11.5 Å². The molecule has 212 valence electrons. The van der Waals surface area contributed by atoms with E-state index < -0.39 is 47.3 Å². The van der Waals surface area contributed by atoms with Gasteiger partial charge in [0, 0.05) is 25.2 Å². The van der Waals surface area contributed by atoms with Crippen LogP contribution in [-0.2, 0) is 10.0 Å². The average Bonchev–Trinajstić information content (AvgIpc) is 3.61. The molecule has 1 saturated carbocycles. The molecule has 0 bridgehead atoms. The lowest BCUT2D eigenvalue weighted by Crippen LogP contribution is -2.98. The molecule has 12 nitrogen and oxygen atoms in total. The van der Waals surface area contributed by atoms with Crippen molar-refractivity contribution in [2.24, 2.45) is 5.41 Å². The zero-order valence-corrected chi connectivity index (χ0v) is 22.2. The summed E-state index contributed by atoms with van der Waals surface area (Å²) >= 11 is 0. The van der Waals surface area contributed by atoms with E-state index in [9.17, 15) is 27.2 Å². The first kappa shape index (κ1) is 27.4. The molecular formula is C24H31F2N7O5S. The summed E-state index contributed by atoms with van der Waals surface area (Å²) in [5, 5.41) is 23.5. The number of nitrogens with zero attached hydrogens (tertiary/aromatic N) is 4. The van der Waals surface area contributed by atoms with Crippen LogP contribution in [0.1, 0.15) is 36.2 Å². The van der Waals surface area contributed by atoms with Crippen molar-refractivity contribution in [3.05, 3.63) is 35.3 Å². The van der Waals surface area contributed by atoms with Crippen LogP contribution in [0.2, 0.25) is 0 Å². The molecule has 2 aromatic rings. The van der Waals surface area contributed by atoms with Crippen molar-refractivity contribution in [2.75, 3.05) is 65.4 Å². The Morgan fingerprint density at radius 2 is 1.87 bits per heavy atom. The van der Waals surface area contributed by atoms with Gasteiger partial charge in [-0.05, 0) is 37.2 Å². The van der Waals surface area contributed by atoms with Crippen LogP contribution in [0.25, 0.3) is 0 Å². The van der Waals surface area contributed by atoms with Crippen LogP contribution in [-0.4, -0.2) is 80.9 Å². The van der Waals surface area contributed by atoms with Gasteiger partial charge in [-0.2, -0.15) is 0 Å². The smallest absolute Gasteiger partial charge is 0.282 e. The number of quaternary nitrogens is 1. The maximum atomic E-state index is 13.5. The fourth-order valence-electron chi connectivity index (χ4n) is 5.03. The minimum Gasteiger partial charge on any atom is -0.629 e. The number of piperidine rings is 1. The lowest BCUT2D eigenvalue weighted by Gasteiger charge is -2.40. The van der Waals surface area contributed by atoms with E-state index in [1.165, 1.54) is 49.2 Å². The number of aromatic nitrogens is 2. The molecule has 2 aliphatic heterocycles. The summed E-state index contributed by atoms with van der Waals surface area (Å²) in [5.74, 6) is -3.93. The Balaban J connectivity index is 1.41. The maximum absolute atomic E-state index is 13.5. The van der Waals surface area contributed by atoms with E-state index in [4.69, 9.17) is 5.11 Å². The Bertz CT molecular complexity index is 1350. The molecule has 4 N–H and O–H groups in total. The summed E-state index contributed by atoms with van der Waals surface area (Å²) in [7, 11) is -2.51. The van der Waals surface area contributed by atoms with Gasteiger partial charge in [-0.25, -0.2) is 27.2 Å². The molecular weight excluding hydrogens is 536 g/mol. The number of halogens is 2. The Labute approximate surface area is 224 Å². The molecule has 1 spiro atoms. The second-order valence-corrected chi connectivity index (χ2v) is 12.4. The standard InChI is InChI=1S/C24H31F2N7O5S/c1-31(36)18-3-2-16(28-21(18)33-14-24(25,26)15-33)22(35)29-17-13-27-20(30-39(37,38)11-10-34)12-19(17)32-8-6-23(4-5-23)7-9-32/h2-3,12-13,31,34H,4-11,14-15H2,1H3,(H,27,30)(H,29,35). The number of hydrogen-bond acceptors (Lipinski definition) is 9. The lowest BCUT2D eigenvalue weighted by atomic mass is 9.93. The molecule has 0 radical (unpaired) electrons. The van der Waals surface area contributed by atoms with Crippen LogP contribution >= 0.6 is 0 Å². The van der Waals surface area contributed by atoms with Crippen LogP contribution in [0.3, 0.4) is 0 Å². The zero-order valence-electron chi connectivity index (χ0n) is 21.4. The maximum Gasteiger partial charge on any atom is 0.282 e. The van der Waals surface area contributed by atoms with Crippen LogP contribution in [0, 0.1) is 10.6 Å². The SMILES string of the molecule is C[NH+]([O-])c1ccc(C(=O)Nc2cnc(NS(=O)(=O)CCO)cc2N2CCC3(CC2)CC3)nc1N1CC(F)(F)C1. The number of alkyl halides is 2. The number of pyridine rings is 2. The highest BCUT2D eigenvalue weighted by Crippen LogP contribution is 2.54. The van der Waals surface area contributed by atoms with Crippen LogP contribution < -0.4 is 24.9 Å². The molecule has 0 aromatic carbocycles. The van der Waals surface area contributed by atoms with E-state index in [0.717, 1.165) is 12.8 Å². The highest BCUT2D eigenvalue weighted by Gasteiger charge is 2.46. The van der Waals surface area contributed by atoms with E-state index in [1.54, 1.807) is 0 Å². The molecule has 1 atom stereocenters. The normalized spacial score (nSPS) is 20.3. The highest BCUT2D eigenvalue weighted by molar-refractivity contribution is 7.92. The molecule has 1 amide bonds. The van der Waals surface area contributed by atoms with Crippen LogP contribution in [0.4, 0.5) is 37.5 Å². The van der Waals surface area contributed by atoms with Gasteiger partial charge in [-0.3, -0.25) is 9.52 Å². The number of aliphatic hydroxyl groups is 1.